The third kappa shape index (κ3) is 6.17. The monoisotopic (exact) mass is 584 g/mol. The summed E-state index contributed by atoms with van der Waals surface area (Å²) in [6.45, 7) is 0. The third-order valence-electron chi connectivity index (χ3n) is 9.70. The molecule has 6 heteroatoms. The van der Waals surface area contributed by atoms with Gasteiger partial charge in [0.25, 0.3) is 0 Å². The molecule has 1 saturated carbocycles. The molecule has 0 saturated heterocycles. The lowest BCUT2D eigenvalue weighted by atomic mass is 9.90. The molecule has 1 fully saturated rings. The van der Waals surface area contributed by atoms with Gasteiger partial charge in [-0.05, 0) is 97.6 Å². The number of nitrogens with zero attached hydrogens (tertiary/aromatic N) is 4. The first kappa shape index (κ1) is 28.5. The van der Waals surface area contributed by atoms with Gasteiger partial charge in [0, 0.05) is 35.9 Å². The van der Waals surface area contributed by atoms with Gasteiger partial charge in [-0.25, -0.2) is 0 Å². The molecule has 6 nitrogen and oxygen atoms in total. The lowest BCUT2D eigenvalue weighted by Crippen LogP contribution is -2.27. The number of hydrogen-bond acceptors (Lipinski definition) is 6. The van der Waals surface area contributed by atoms with E-state index in [-0.39, 0.29) is 23.6 Å². The highest BCUT2D eigenvalue weighted by Crippen LogP contribution is 2.30. The van der Waals surface area contributed by atoms with Gasteiger partial charge in [-0.3, -0.25) is 20.0 Å². The van der Waals surface area contributed by atoms with E-state index in [0.29, 0.717) is 12.8 Å². The second-order valence-electron chi connectivity index (χ2n) is 12.6. The van der Waals surface area contributed by atoms with Crippen LogP contribution in [0.5, 0.6) is 11.5 Å². The Morgan fingerprint density at radius 3 is 1.27 bits per heavy atom. The predicted octanol–water partition coefficient (Wildman–Crippen LogP) is 6.50. The normalized spacial score (nSPS) is 20.1. The highest BCUT2D eigenvalue weighted by Gasteiger charge is 2.25. The van der Waals surface area contributed by atoms with E-state index < -0.39 is 0 Å². The van der Waals surface area contributed by atoms with Gasteiger partial charge in [0.2, 0.25) is 0 Å². The molecular formula is C38H40N4O2. The minimum absolute atomic E-state index is 0.0185. The number of hydrogen-bond donors (Lipinski definition) is 2. The van der Waals surface area contributed by atoms with Crippen molar-refractivity contribution < 1.29 is 10.2 Å². The Kier molecular flexibility index (Phi) is 8.23. The molecule has 13 rings (SSSR count). The molecule has 2 N–H and O–H groups in total. The molecule has 224 valence electrons. The van der Waals surface area contributed by atoms with E-state index in [4.69, 9.17) is 9.98 Å². The second kappa shape index (κ2) is 12.7. The molecule has 5 aliphatic carbocycles. The van der Waals surface area contributed by atoms with Crippen molar-refractivity contribution in [3.8, 4) is 11.5 Å². The lowest BCUT2D eigenvalue weighted by molar-refractivity contribution is 0.390. The summed E-state index contributed by atoms with van der Waals surface area (Å²) in [5.41, 5.74) is 10.2. The average Bonchev–Trinajstić information content (AvgIpc) is 3.04. The van der Waals surface area contributed by atoms with Crippen molar-refractivity contribution in [2.75, 3.05) is 0 Å². The van der Waals surface area contributed by atoms with Gasteiger partial charge in [0.15, 0.2) is 0 Å². The summed E-state index contributed by atoms with van der Waals surface area (Å²) in [7, 11) is 0. The Bertz CT molecular complexity index is 1560. The number of pyridine rings is 2. The van der Waals surface area contributed by atoms with E-state index >= 15 is 0 Å². The van der Waals surface area contributed by atoms with Crippen LogP contribution in [-0.4, -0.2) is 44.7 Å². The molecule has 44 heavy (non-hydrogen) atoms. The number of aromatic hydroxyl groups is 2. The van der Waals surface area contributed by atoms with Gasteiger partial charge in [-0.2, -0.15) is 0 Å². The van der Waals surface area contributed by atoms with E-state index in [0.717, 1.165) is 97.8 Å². The molecule has 2 atom stereocenters. The van der Waals surface area contributed by atoms with Gasteiger partial charge in [0.1, 0.15) is 11.5 Å². The summed E-state index contributed by atoms with van der Waals surface area (Å²) < 4.78 is 0. The molecular weight excluding hydrogens is 544 g/mol. The molecule has 8 bridgehead atoms. The van der Waals surface area contributed by atoms with Crippen molar-refractivity contribution in [3.05, 3.63) is 117 Å². The first-order chi connectivity index (χ1) is 21.6. The maximum absolute atomic E-state index is 11.3. The zero-order chi connectivity index (χ0) is 29.9. The Morgan fingerprint density at radius 2 is 0.886 bits per heavy atom. The van der Waals surface area contributed by atoms with Crippen LogP contribution in [-0.2, 0) is 51.4 Å². The number of aryl methyl sites for hydroxylation is 8. The second-order valence-corrected chi connectivity index (χ2v) is 12.6. The highest BCUT2D eigenvalue weighted by atomic mass is 16.3. The molecule has 2 aromatic heterocycles. The number of aliphatic imine (C=N–C) groups is 2. The average molecular weight is 585 g/mol. The quantitative estimate of drug-likeness (QED) is 0.268. The summed E-state index contributed by atoms with van der Waals surface area (Å²) in [6, 6.07) is 17.7. The number of aromatic nitrogens is 2. The van der Waals surface area contributed by atoms with Crippen LogP contribution in [0, 0.1) is 0 Å². The SMILES string of the molecule is Oc1c2ncc(c1C=N[C@H]1CCCC[C@@H]1N=Cc1c3cnc(c1O)CCc1ccc(cc1)CC3)CCc1ccc(cc1)CC2. The van der Waals surface area contributed by atoms with Crippen molar-refractivity contribution in [2.45, 2.75) is 89.1 Å². The van der Waals surface area contributed by atoms with Crippen molar-refractivity contribution >= 4 is 12.4 Å². The van der Waals surface area contributed by atoms with Crippen LogP contribution < -0.4 is 0 Å². The largest absolute Gasteiger partial charge is 0.505 e. The van der Waals surface area contributed by atoms with Crippen LogP contribution in [0.15, 0.2) is 70.9 Å². The van der Waals surface area contributed by atoms with Gasteiger partial charge >= 0.3 is 0 Å². The van der Waals surface area contributed by atoms with Crippen LogP contribution >= 0.6 is 0 Å². The zero-order valence-corrected chi connectivity index (χ0v) is 25.3. The van der Waals surface area contributed by atoms with Crippen LogP contribution in [0.1, 0.15) is 81.6 Å². The molecule has 2 aromatic carbocycles. The fraction of sp³-hybridized carbons (Fsp3) is 0.368. The molecule has 4 aliphatic heterocycles. The number of benzene rings is 2. The van der Waals surface area contributed by atoms with Crippen LogP contribution in [0.4, 0.5) is 0 Å². The van der Waals surface area contributed by atoms with Gasteiger partial charge in [-0.1, -0.05) is 61.4 Å². The van der Waals surface area contributed by atoms with Gasteiger partial charge in [-0.15, -0.1) is 0 Å². The van der Waals surface area contributed by atoms with Crippen LogP contribution in [0.3, 0.4) is 0 Å². The first-order valence-corrected chi connectivity index (χ1v) is 16.2. The molecule has 9 aliphatic rings. The van der Waals surface area contributed by atoms with Crippen LogP contribution in [0.25, 0.3) is 0 Å². The molecule has 0 amide bonds. The molecule has 0 spiro atoms. The van der Waals surface area contributed by atoms with Crippen molar-refractivity contribution in [1.29, 1.82) is 0 Å². The van der Waals surface area contributed by atoms with E-state index in [2.05, 4.69) is 58.5 Å². The summed E-state index contributed by atoms with van der Waals surface area (Å²) in [5.74, 6) is 0.525. The Hall–Kier alpha value is -4.32. The molecule has 0 unspecified atom stereocenters. The van der Waals surface area contributed by atoms with Crippen molar-refractivity contribution in [2.24, 2.45) is 9.98 Å². The Morgan fingerprint density at radius 1 is 0.523 bits per heavy atom. The summed E-state index contributed by atoms with van der Waals surface area (Å²) >= 11 is 0. The Labute approximate surface area is 259 Å². The lowest BCUT2D eigenvalue weighted by Gasteiger charge is -2.26. The number of rotatable bonds is 4. The summed E-state index contributed by atoms with van der Waals surface area (Å²) in [4.78, 5) is 19.5. The highest BCUT2D eigenvalue weighted by molar-refractivity contribution is 5.87. The fourth-order valence-corrected chi connectivity index (χ4v) is 6.85. The summed E-state index contributed by atoms with van der Waals surface area (Å²) in [5, 5.41) is 22.6. The molecule has 0 radical (unpaired) electrons. The molecule has 4 aromatic rings. The van der Waals surface area contributed by atoms with Crippen molar-refractivity contribution in [1.82, 2.24) is 9.97 Å². The van der Waals surface area contributed by atoms with Gasteiger partial charge < -0.3 is 10.2 Å². The molecule has 6 heterocycles. The minimum Gasteiger partial charge on any atom is -0.505 e. The van der Waals surface area contributed by atoms with E-state index in [9.17, 15) is 10.2 Å². The maximum atomic E-state index is 11.3. The van der Waals surface area contributed by atoms with E-state index in [1.54, 1.807) is 0 Å². The zero-order valence-electron chi connectivity index (χ0n) is 25.3. The predicted molar refractivity (Wildman–Crippen MR) is 176 cm³/mol. The standard InChI is InChI=1S/C38H40N4O2/c43-37-31(29-17-13-25-5-9-27(10-6-25)15-19-35(37)39-21-29)23-41-33-3-1-2-4-34(33)42-24-32-30-18-14-26-7-11-28(12-8-26)16-20-36(38(32)44)40-22-30/h5-12,21-24,33-34,43-44H,1-4,13-20H2/t33-,34-/m0/s1. The Balaban J connectivity index is 1.15. The first-order valence-electron chi connectivity index (χ1n) is 16.2. The smallest absolute Gasteiger partial charge is 0.146 e. The topological polar surface area (TPSA) is 91.0 Å². The van der Waals surface area contributed by atoms with Crippen molar-refractivity contribution in [3.63, 3.8) is 0 Å². The maximum Gasteiger partial charge on any atom is 0.146 e. The van der Waals surface area contributed by atoms with E-state index in [1.165, 1.54) is 22.3 Å². The minimum atomic E-state index is 0.0185. The van der Waals surface area contributed by atoms with Crippen LogP contribution in [0.2, 0.25) is 0 Å². The fourth-order valence-electron chi connectivity index (χ4n) is 6.85. The van der Waals surface area contributed by atoms with Gasteiger partial charge in [0.05, 0.1) is 23.5 Å². The van der Waals surface area contributed by atoms with E-state index in [1.807, 2.05) is 24.8 Å². The summed E-state index contributed by atoms with van der Waals surface area (Å²) in [6.07, 6.45) is 18.2. The third-order valence-corrected chi connectivity index (χ3v) is 9.70.